The molecule has 1 atom stereocenters. The SMILES string of the molecule is C[C@@H]1NCCc2c(Br)cccc21. The molecule has 2 rings (SSSR count). The number of halogens is 1. The largest absolute Gasteiger partial charge is 0.310 e. The standard InChI is InChI=1S/C10H12BrN/c1-7-8-3-2-4-10(11)9(8)5-6-12-7/h2-4,7,12H,5-6H2,1H3/t7-/m0/s1. The second-order valence-corrected chi connectivity index (χ2v) is 4.09. The van der Waals surface area contributed by atoms with Crippen molar-refractivity contribution >= 4 is 15.9 Å². The summed E-state index contributed by atoms with van der Waals surface area (Å²) in [4.78, 5) is 0. The number of benzene rings is 1. The van der Waals surface area contributed by atoms with Crippen molar-refractivity contribution in [2.24, 2.45) is 0 Å². The monoisotopic (exact) mass is 225 g/mol. The summed E-state index contributed by atoms with van der Waals surface area (Å²) in [5, 5.41) is 3.44. The average molecular weight is 226 g/mol. The van der Waals surface area contributed by atoms with Gasteiger partial charge in [0.15, 0.2) is 0 Å². The van der Waals surface area contributed by atoms with E-state index in [1.165, 1.54) is 15.6 Å². The van der Waals surface area contributed by atoms with E-state index in [4.69, 9.17) is 0 Å². The van der Waals surface area contributed by atoms with E-state index in [1.807, 2.05) is 0 Å². The first kappa shape index (κ1) is 8.27. The molecular formula is C10H12BrN. The van der Waals surface area contributed by atoms with E-state index in [0.29, 0.717) is 6.04 Å². The van der Waals surface area contributed by atoms with Crippen LogP contribution in [0.15, 0.2) is 22.7 Å². The van der Waals surface area contributed by atoms with Crippen LogP contribution in [0.4, 0.5) is 0 Å². The maximum Gasteiger partial charge on any atom is 0.0295 e. The second-order valence-electron chi connectivity index (χ2n) is 3.23. The molecule has 0 aromatic heterocycles. The molecule has 0 bridgehead atoms. The Morgan fingerprint density at radius 3 is 3.08 bits per heavy atom. The fourth-order valence-electron chi connectivity index (χ4n) is 1.77. The van der Waals surface area contributed by atoms with E-state index in [0.717, 1.165) is 13.0 Å². The van der Waals surface area contributed by atoms with Gasteiger partial charge in [0.2, 0.25) is 0 Å². The molecule has 0 saturated carbocycles. The van der Waals surface area contributed by atoms with Crippen molar-refractivity contribution in [2.45, 2.75) is 19.4 Å². The lowest BCUT2D eigenvalue weighted by Crippen LogP contribution is -2.27. The van der Waals surface area contributed by atoms with Crippen molar-refractivity contribution in [1.82, 2.24) is 5.32 Å². The van der Waals surface area contributed by atoms with Gasteiger partial charge in [0.1, 0.15) is 0 Å². The summed E-state index contributed by atoms with van der Waals surface area (Å²) in [6, 6.07) is 6.94. The Bertz CT molecular complexity index is 296. The molecule has 0 fully saturated rings. The van der Waals surface area contributed by atoms with E-state index in [2.05, 4.69) is 46.4 Å². The van der Waals surface area contributed by atoms with Gasteiger partial charge in [-0.1, -0.05) is 28.1 Å². The molecule has 1 N–H and O–H groups in total. The minimum absolute atomic E-state index is 0.506. The zero-order valence-electron chi connectivity index (χ0n) is 7.10. The number of nitrogens with one attached hydrogen (secondary N) is 1. The van der Waals surface area contributed by atoms with E-state index in [9.17, 15) is 0 Å². The van der Waals surface area contributed by atoms with Gasteiger partial charge in [-0.3, -0.25) is 0 Å². The van der Waals surface area contributed by atoms with Crippen LogP contribution in [0.3, 0.4) is 0 Å². The molecule has 1 heterocycles. The highest BCUT2D eigenvalue weighted by Crippen LogP contribution is 2.28. The van der Waals surface area contributed by atoms with Gasteiger partial charge in [-0.05, 0) is 37.1 Å². The summed E-state index contributed by atoms with van der Waals surface area (Å²) in [5.41, 5.74) is 2.92. The predicted octanol–water partition coefficient (Wildman–Crippen LogP) is 2.66. The molecule has 0 spiro atoms. The van der Waals surface area contributed by atoms with Crippen LogP contribution < -0.4 is 5.32 Å². The van der Waals surface area contributed by atoms with Crippen LogP contribution in [0.1, 0.15) is 24.1 Å². The van der Waals surface area contributed by atoms with Gasteiger partial charge in [-0.25, -0.2) is 0 Å². The van der Waals surface area contributed by atoms with Crippen LogP contribution in [0.5, 0.6) is 0 Å². The van der Waals surface area contributed by atoms with Crippen LogP contribution in [-0.2, 0) is 6.42 Å². The first-order valence-electron chi connectivity index (χ1n) is 4.29. The minimum atomic E-state index is 0.506. The number of rotatable bonds is 0. The normalized spacial score (nSPS) is 22.0. The van der Waals surface area contributed by atoms with Gasteiger partial charge in [-0.2, -0.15) is 0 Å². The highest BCUT2D eigenvalue weighted by molar-refractivity contribution is 9.10. The number of fused-ring (bicyclic) bond motifs is 1. The predicted molar refractivity (Wildman–Crippen MR) is 54.3 cm³/mol. The van der Waals surface area contributed by atoms with Gasteiger partial charge in [-0.15, -0.1) is 0 Å². The summed E-state index contributed by atoms with van der Waals surface area (Å²) in [7, 11) is 0. The molecule has 1 nitrogen and oxygen atoms in total. The molecule has 1 aromatic carbocycles. The lowest BCUT2D eigenvalue weighted by molar-refractivity contribution is 0.540. The van der Waals surface area contributed by atoms with Crippen LogP contribution in [0.25, 0.3) is 0 Å². The molecule has 0 aliphatic carbocycles. The van der Waals surface area contributed by atoms with Crippen LogP contribution in [0, 0.1) is 0 Å². The number of hydrogen-bond donors (Lipinski definition) is 1. The molecule has 64 valence electrons. The van der Waals surface area contributed by atoms with Crippen LogP contribution >= 0.6 is 15.9 Å². The fraction of sp³-hybridized carbons (Fsp3) is 0.400. The van der Waals surface area contributed by atoms with Gasteiger partial charge in [0.05, 0.1) is 0 Å². The number of hydrogen-bond acceptors (Lipinski definition) is 1. The molecule has 0 unspecified atom stereocenters. The van der Waals surface area contributed by atoms with Crippen molar-refractivity contribution < 1.29 is 0 Å². The Morgan fingerprint density at radius 1 is 1.50 bits per heavy atom. The molecular weight excluding hydrogens is 214 g/mol. The second kappa shape index (κ2) is 3.19. The van der Waals surface area contributed by atoms with Crippen molar-refractivity contribution in [3.05, 3.63) is 33.8 Å². The first-order valence-corrected chi connectivity index (χ1v) is 5.09. The zero-order valence-corrected chi connectivity index (χ0v) is 8.69. The van der Waals surface area contributed by atoms with Crippen LogP contribution in [-0.4, -0.2) is 6.54 Å². The maximum atomic E-state index is 3.58. The first-order chi connectivity index (χ1) is 5.79. The Balaban J connectivity index is 2.52. The van der Waals surface area contributed by atoms with Gasteiger partial charge >= 0.3 is 0 Å². The third kappa shape index (κ3) is 1.29. The summed E-state index contributed by atoms with van der Waals surface area (Å²) < 4.78 is 1.26. The van der Waals surface area contributed by atoms with E-state index >= 15 is 0 Å². The Labute approximate surface area is 81.3 Å². The van der Waals surface area contributed by atoms with Crippen molar-refractivity contribution in [3.63, 3.8) is 0 Å². The topological polar surface area (TPSA) is 12.0 Å². The van der Waals surface area contributed by atoms with Gasteiger partial charge in [0, 0.05) is 10.5 Å². The molecule has 1 aromatic rings. The lowest BCUT2D eigenvalue weighted by Gasteiger charge is -2.24. The van der Waals surface area contributed by atoms with E-state index in [1.54, 1.807) is 0 Å². The Hall–Kier alpha value is -0.340. The average Bonchev–Trinajstić information content (AvgIpc) is 2.07. The Kier molecular flexibility index (Phi) is 2.20. The third-order valence-electron chi connectivity index (χ3n) is 2.45. The quantitative estimate of drug-likeness (QED) is 0.717. The molecule has 1 aliphatic heterocycles. The van der Waals surface area contributed by atoms with Gasteiger partial charge < -0.3 is 5.32 Å². The zero-order chi connectivity index (χ0) is 8.55. The van der Waals surface area contributed by atoms with Crippen molar-refractivity contribution in [3.8, 4) is 0 Å². The summed E-state index contributed by atoms with van der Waals surface area (Å²) in [6.45, 7) is 3.31. The van der Waals surface area contributed by atoms with E-state index in [-0.39, 0.29) is 0 Å². The molecule has 0 radical (unpaired) electrons. The summed E-state index contributed by atoms with van der Waals surface area (Å²) in [5.74, 6) is 0. The molecule has 0 amide bonds. The maximum absolute atomic E-state index is 3.58. The fourth-order valence-corrected chi connectivity index (χ4v) is 2.35. The van der Waals surface area contributed by atoms with Gasteiger partial charge in [0.25, 0.3) is 0 Å². The summed E-state index contributed by atoms with van der Waals surface area (Å²) >= 11 is 3.58. The highest BCUT2D eigenvalue weighted by Gasteiger charge is 2.16. The molecule has 1 aliphatic rings. The van der Waals surface area contributed by atoms with Crippen molar-refractivity contribution in [1.29, 1.82) is 0 Å². The van der Waals surface area contributed by atoms with E-state index < -0.39 is 0 Å². The van der Waals surface area contributed by atoms with Crippen molar-refractivity contribution in [2.75, 3.05) is 6.54 Å². The smallest absolute Gasteiger partial charge is 0.0295 e. The third-order valence-corrected chi connectivity index (χ3v) is 3.19. The Morgan fingerprint density at radius 2 is 2.33 bits per heavy atom. The minimum Gasteiger partial charge on any atom is -0.310 e. The highest BCUT2D eigenvalue weighted by atomic mass is 79.9. The lowest BCUT2D eigenvalue weighted by atomic mass is 9.96. The molecule has 0 saturated heterocycles. The summed E-state index contributed by atoms with van der Waals surface area (Å²) in [6.07, 6.45) is 1.14. The molecule has 2 heteroatoms. The van der Waals surface area contributed by atoms with Crippen LogP contribution in [0.2, 0.25) is 0 Å². The molecule has 12 heavy (non-hydrogen) atoms.